The second kappa shape index (κ2) is 4.00. The van der Waals surface area contributed by atoms with Crippen LogP contribution in [0.5, 0.6) is 0 Å². The third kappa shape index (κ3) is 1.91. The normalized spacial score (nSPS) is 9.83. The topological polar surface area (TPSA) is 38.0 Å². The molecule has 0 radical (unpaired) electrons. The maximum atomic E-state index is 5.75. The zero-order chi connectivity index (χ0) is 8.97. The number of nitrogens with two attached hydrogens (primary N) is 1. The molecule has 0 bridgehead atoms. The minimum absolute atomic E-state index is 0.858. The van der Waals surface area contributed by atoms with Gasteiger partial charge in [0.1, 0.15) is 0 Å². The van der Waals surface area contributed by atoms with Gasteiger partial charge in [-0.25, -0.2) is 0 Å². The van der Waals surface area contributed by atoms with E-state index in [-0.39, 0.29) is 0 Å². The first-order valence-electron chi connectivity index (χ1n) is 4.34. The smallest absolute Gasteiger partial charge is 0.0390 e. The predicted molar refractivity (Wildman–Crippen MR) is 54.4 cm³/mol. The molecule has 3 N–H and O–H groups in total. The average molecular weight is 164 g/mol. The van der Waals surface area contributed by atoms with Gasteiger partial charge in [0.05, 0.1) is 0 Å². The van der Waals surface area contributed by atoms with Gasteiger partial charge >= 0.3 is 0 Å². The first kappa shape index (κ1) is 8.91. The molecule has 0 unspecified atom stereocenters. The van der Waals surface area contributed by atoms with Crippen molar-refractivity contribution >= 4 is 11.4 Å². The molecule has 0 amide bonds. The summed E-state index contributed by atoms with van der Waals surface area (Å²) in [5.74, 6) is 0. The largest absolute Gasteiger partial charge is 0.398 e. The van der Waals surface area contributed by atoms with Crippen LogP contribution >= 0.6 is 0 Å². The Morgan fingerprint density at radius 1 is 1.42 bits per heavy atom. The Hall–Kier alpha value is -1.18. The van der Waals surface area contributed by atoms with Crippen molar-refractivity contribution in [2.75, 3.05) is 17.6 Å². The van der Waals surface area contributed by atoms with Gasteiger partial charge in [0, 0.05) is 17.9 Å². The van der Waals surface area contributed by atoms with E-state index in [0.717, 1.165) is 29.9 Å². The highest BCUT2D eigenvalue weighted by Gasteiger charge is 1.98. The SMILES string of the molecule is CCCNc1cccc(N)c1C. The van der Waals surface area contributed by atoms with Crippen LogP contribution in [0, 0.1) is 6.92 Å². The summed E-state index contributed by atoms with van der Waals surface area (Å²) in [5.41, 5.74) is 8.90. The molecule has 12 heavy (non-hydrogen) atoms. The second-order valence-corrected chi connectivity index (χ2v) is 2.95. The maximum Gasteiger partial charge on any atom is 0.0390 e. The summed E-state index contributed by atoms with van der Waals surface area (Å²) in [7, 11) is 0. The van der Waals surface area contributed by atoms with Crippen LogP contribution in [0.15, 0.2) is 18.2 Å². The maximum absolute atomic E-state index is 5.75. The lowest BCUT2D eigenvalue weighted by Crippen LogP contribution is -2.02. The monoisotopic (exact) mass is 164 g/mol. The van der Waals surface area contributed by atoms with E-state index in [1.807, 2.05) is 19.1 Å². The first-order chi connectivity index (χ1) is 5.75. The number of rotatable bonds is 3. The summed E-state index contributed by atoms with van der Waals surface area (Å²) in [6.07, 6.45) is 1.13. The van der Waals surface area contributed by atoms with Gasteiger partial charge in [-0.3, -0.25) is 0 Å². The molecule has 2 heteroatoms. The Labute approximate surface area is 73.8 Å². The molecule has 1 rings (SSSR count). The summed E-state index contributed by atoms with van der Waals surface area (Å²) < 4.78 is 0. The molecule has 0 atom stereocenters. The molecule has 0 aliphatic rings. The summed E-state index contributed by atoms with van der Waals surface area (Å²) in [6.45, 7) is 5.19. The minimum atomic E-state index is 0.858. The van der Waals surface area contributed by atoms with Crippen LogP contribution in [0.25, 0.3) is 0 Å². The van der Waals surface area contributed by atoms with E-state index in [1.54, 1.807) is 0 Å². The van der Waals surface area contributed by atoms with Gasteiger partial charge in [0.2, 0.25) is 0 Å². The van der Waals surface area contributed by atoms with Crippen LogP contribution in [0.4, 0.5) is 11.4 Å². The molecule has 0 spiro atoms. The zero-order valence-electron chi connectivity index (χ0n) is 7.72. The van der Waals surface area contributed by atoms with Crippen molar-refractivity contribution in [2.45, 2.75) is 20.3 Å². The Kier molecular flexibility index (Phi) is 2.97. The Bertz CT molecular complexity index is 256. The summed E-state index contributed by atoms with van der Waals surface area (Å²) in [6, 6.07) is 5.95. The molecule has 0 aliphatic heterocycles. The van der Waals surface area contributed by atoms with Crippen molar-refractivity contribution in [3.8, 4) is 0 Å². The molecular weight excluding hydrogens is 148 g/mol. The van der Waals surface area contributed by atoms with Crippen LogP contribution in [0.3, 0.4) is 0 Å². The van der Waals surface area contributed by atoms with Gasteiger partial charge in [-0.05, 0) is 31.0 Å². The van der Waals surface area contributed by atoms with E-state index in [4.69, 9.17) is 5.73 Å². The molecule has 1 aromatic rings. The van der Waals surface area contributed by atoms with Gasteiger partial charge < -0.3 is 11.1 Å². The van der Waals surface area contributed by atoms with Crippen LogP contribution in [0.2, 0.25) is 0 Å². The van der Waals surface area contributed by atoms with Crippen molar-refractivity contribution in [3.63, 3.8) is 0 Å². The third-order valence-electron chi connectivity index (χ3n) is 1.94. The van der Waals surface area contributed by atoms with Crippen molar-refractivity contribution in [1.82, 2.24) is 0 Å². The van der Waals surface area contributed by atoms with Crippen molar-refractivity contribution < 1.29 is 0 Å². The van der Waals surface area contributed by atoms with E-state index in [2.05, 4.69) is 18.3 Å². The van der Waals surface area contributed by atoms with Gasteiger partial charge in [0.15, 0.2) is 0 Å². The molecule has 0 aromatic heterocycles. The van der Waals surface area contributed by atoms with E-state index in [0.29, 0.717) is 0 Å². The standard InChI is InChI=1S/C10H16N2/c1-3-7-12-10-6-4-5-9(11)8(10)2/h4-6,12H,3,7,11H2,1-2H3. The average Bonchev–Trinajstić information content (AvgIpc) is 2.08. The fourth-order valence-corrected chi connectivity index (χ4v) is 1.10. The Balaban J connectivity index is 2.78. The second-order valence-electron chi connectivity index (χ2n) is 2.95. The van der Waals surface area contributed by atoms with E-state index >= 15 is 0 Å². The molecule has 0 saturated heterocycles. The number of nitrogens with one attached hydrogen (secondary N) is 1. The number of hydrogen-bond donors (Lipinski definition) is 2. The highest BCUT2D eigenvalue weighted by atomic mass is 14.9. The van der Waals surface area contributed by atoms with Gasteiger partial charge in [-0.2, -0.15) is 0 Å². The van der Waals surface area contributed by atoms with E-state index in [9.17, 15) is 0 Å². The molecule has 2 nitrogen and oxygen atoms in total. The van der Waals surface area contributed by atoms with E-state index in [1.165, 1.54) is 0 Å². The molecule has 0 saturated carbocycles. The quantitative estimate of drug-likeness (QED) is 0.673. The summed E-state index contributed by atoms with van der Waals surface area (Å²) in [4.78, 5) is 0. The highest BCUT2D eigenvalue weighted by Crippen LogP contribution is 2.19. The lowest BCUT2D eigenvalue weighted by molar-refractivity contribution is 0.978. The number of hydrogen-bond acceptors (Lipinski definition) is 2. The third-order valence-corrected chi connectivity index (χ3v) is 1.94. The lowest BCUT2D eigenvalue weighted by atomic mass is 10.1. The minimum Gasteiger partial charge on any atom is -0.398 e. The Morgan fingerprint density at radius 2 is 2.17 bits per heavy atom. The molecule has 0 aliphatic carbocycles. The number of nitrogen functional groups attached to an aromatic ring is 1. The predicted octanol–water partition coefficient (Wildman–Crippen LogP) is 2.40. The highest BCUT2D eigenvalue weighted by molar-refractivity contribution is 5.62. The van der Waals surface area contributed by atoms with Gasteiger partial charge in [0.25, 0.3) is 0 Å². The molecule has 0 heterocycles. The molecular formula is C10H16N2. The number of benzene rings is 1. The lowest BCUT2D eigenvalue weighted by Gasteiger charge is -2.09. The van der Waals surface area contributed by atoms with Crippen LogP contribution < -0.4 is 11.1 Å². The van der Waals surface area contributed by atoms with E-state index < -0.39 is 0 Å². The van der Waals surface area contributed by atoms with Gasteiger partial charge in [-0.1, -0.05) is 13.0 Å². The molecule has 1 aromatic carbocycles. The van der Waals surface area contributed by atoms with Crippen molar-refractivity contribution in [1.29, 1.82) is 0 Å². The van der Waals surface area contributed by atoms with Crippen LogP contribution in [-0.2, 0) is 0 Å². The number of anilines is 2. The molecule has 66 valence electrons. The Morgan fingerprint density at radius 3 is 2.83 bits per heavy atom. The fourth-order valence-electron chi connectivity index (χ4n) is 1.10. The zero-order valence-corrected chi connectivity index (χ0v) is 7.72. The van der Waals surface area contributed by atoms with Crippen LogP contribution in [0.1, 0.15) is 18.9 Å². The molecule has 0 fully saturated rings. The van der Waals surface area contributed by atoms with Crippen molar-refractivity contribution in [3.05, 3.63) is 23.8 Å². The summed E-state index contributed by atoms with van der Waals surface area (Å²) >= 11 is 0. The van der Waals surface area contributed by atoms with Crippen LogP contribution in [-0.4, -0.2) is 6.54 Å². The van der Waals surface area contributed by atoms with Crippen molar-refractivity contribution in [2.24, 2.45) is 0 Å². The summed E-state index contributed by atoms with van der Waals surface area (Å²) in [5, 5.41) is 3.32. The van der Waals surface area contributed by atoms with Gasteiger partial charge in [-0.15, -0.1) is 0 Å². The first-order valence-corrected chi connectivity index (χ1v) is 4.34. The fraction of sp³-hybridized carbons (Fsp3) is 0.400.